The Morgan fingerprint density at radius 3 is 2.47 bits per heavy atom. The molecule has 3 aromatic rings. The van der Waals surface area contributed by atoms with Crippen molar-refractivity contribution in [2.45, 2.75) is 20.0 Å². The molecule has 3 rings (SSSR count). The summed E-state index contributed by atoms with van der Waals surface area (Å²) in [6.45, 7) is 2.99. The van der Waals surface area contributed by atoms with E-state index >= 15 is 0 Å². The zero-order valence-electron chi connectivity index (χ0n) is 17.6. The largest absolute Gasteiger partial charge is 0.449 e. The molecular weight excluding hydrogens is 418 g/mol. The van der Waals surface area contributed by atoms with Gasteiger partial charge in [-0.1, -0.05) is 18.2 Å². The van der Waals surface area contributed by atoms with Crippen LogP contribution in [0.25, 0.3) is 5.69 Å². The van der Waals surface area contributed by atoms with Crippen molar-refractivity contribution >= 4 is 28.9 Å². The van der Waals surface area contributed by atoms with Crippen molar-refractivity contribution in [3.63, 3.8) is 0 Å². The number of aromatic nitrogens is 2. The Hall–Kier alpha value is -4.41. The number of anilines is 2. The van der Waals surface area contributed by atoms with Gasteiger partial charge in [0, 0.05) is 13.1 Å². The second kappa shape index (κ2) is 8.76. The summed E-state index contributed by atoms with van der Waals surface area (Å²) in [6, 6.07) is 12.3. The highest BCUT2D eigenvalue weighted by Gasteiger charge is 2.24. The van der Waals surface area contributed by atoms with Gasteiger partial charge in [-0.3, -0.25) is 24.4 Å². The standard InChI is InChI=1S/C21H21N5O6/c1-12-18(20(28)25(24(12)3)15-7-5-4-6-8-15)23-19(27)13(2)32-21(29)14-9-10-16(22)17(11-14)26(30)31/h4-11,13H,22H2,1-3H3,(H,23,27). The van der Waals surface area contributed by atoms with Crippen LogP contribution in [0.5, 0.6) is 0 Å². The highest BCUT2D eigenvalue weighted by atomic mass is 16.6. The molecule has 1 amide bonds. The normalized spacial score (nSPS) is 11.6. The van der Waals surface area contributed by atoms with Gasteiger partial charge in [0.2, 0.25) is 0 Å². The number of carbonyl (C=O) groups is 2. The van der Waals surface area contributed by atoms with Crippen molar-refractivity contribution in [2.75, 3.05) is 11.1 Å². The van der Waals surface area contributed by atoms with E-state index in [9.17, 15) is 24.5 Å². The predicted octanol–water partition coefficient (Wildman–Crippen LogP) is 2.16. The van der Waals surface area contributed by atoms with E-state index in [4.69, 9.17) is 10.5 Å². The number of para-hydroxylation sites is 1. The zero-order valence-corrected chi connectivity index (χ0v) is 17.6. The van der Waals surface area contributed by atoms with Gasteiger partial charge >= 0.3 is 5.97 Å². The number of nitro benzene ring substituents is 1. The Balaban J connectivity index is 1.78. The molecule has 1 aromatic heterocycles. The summed E-state index contributed by atoms with van der Waals surface area (Å²) >= 11 is 0. The van der Waals surface area contributed by atoms with Crippen molar-refractivity contribution in [2.24, 2.45) is 7.05 Å². The van der Waals surface area contributed by atoms with E-state index < -0.39 is 34.2 Å². The molecule has 1 heterocycles. The minimum absolute atomic E-state index is 0.0485. The third kappa shape index (κ3) is 4.21. The smallest absolute Gasteiger partial charge is 0.339 e. The average Bonchev–Trinajstić information content (AvgIpc) is 2.97. The van der Waals surface area contributed by atoms with Gasteiger partial charge < -0.3 is 15.8 Å². The van der Waals surface area contributed by atoms with Gasteiger partial charge in [-0.15, -0.1) is 0 Å². The van der Waals surface area contributed by atoms with Crippen LogP contribution < -0.4 is 16.6 Å². The van der Waals surface area contributed by atoms with Gasteiger partial charge in [0.25, 0.3) is 17.2 Å². The van der Waals surface area contributed by atoms with Crippen molar-refractivity contribution < 1.29 is 19.2 Å². The molecule has 166 valence electrons. The Bertz CT molecular complexity index is 1260. The number of hydrogen-bond donors (Lipinski definition) is 2. The zero-order chi connectivity index (χ0) is 23.6. The molecule has 0 aliphatic heterocycles. The molecule has 32 heavy (non-hydrogen) atoms. The number of ether oxygens (including phenoxy) is 1. The summed E-state index contributed by atoms with van der Waals surface area (Å²) in [5, 5.41) is 13.5. The van der Waals surface area contributed by atoms with Crippen LogP contribution in [0, 0.1) is 17.0 Å². The SMILES string of the molecule is Cc1c(NC(=O)C(C)OC(=O)c2ccc(N)c([N+](=O)[O-])c2)c(=O)n(-c2ccccc2)n1C. The summed E-state index contributed by atoms with van der Waals surface area (Å²) in [5.74, 6) is -1.67. The molecule has 0 spiro atoms. The van der Waals surface area contributed by atoms with E-state index in [1.54, 1.807) is 42.9 Å². The highest BCUT2D eigenvalue weighted by molar-refractivity contribution is 5.98. The number of nitrogens with two attached hydrogens (primary N) is 1. The first-order valence-electron chi connectivity index (χ1n) is 9.51. The third-order valence-electron chi connectivity index (χ3n) is 4.92. The fourth-order valence-electron chi connectivity index (χ4n) is 3.05. The number of carbonyl (C=O) groups excluding carboxylic acids is 2. The fourth-order valence-corrected chi connectivity index (χ4v) is 3.05. The Kier molecular flexibility index (Phi) is 6.10. The summed E-state index contributed by atoms with van der Waals surface area (Å²) in [6.07, 6.45) is -1.27. The highest BCUT2D eigenvalue weighted by Crippen LogP contribution is 2.23. The number of esters is 1. The summed E-state index contributed by atoms with van der Waals surface area (Å²) in [5.41, 5.74) is 5.56. The first kappa shape index (κ1) is 22.3. The van der Waals surface area contributed by atoms with E-state index in [-0.39, 0.29) is 16.9 Å². The Labute approximate surface area is 182 Å². The first-order valence-corrected chi connectivity index (χ1v) is 9.51. The van der Waals surface area contributed by atoms with Gasteiger partial charge in [-0.2, -0.15) is 0 Å². The van der Waals surface area contributed by atoms with Crippen molar-refractivity contribution in [1.29, 1.82) is 0 Å². The minimum atomic E-state index is -1.27. The van der Waals surface area contributed by atoms with Crippen LogP contribution in [0.3, 0.4) is 0 Å². The molecule has 3 N–H and O–H groups in total. The van der Waals surface area contributed by atoms with E-state index in [1.807, 2.05) is 6.07 Å². The van der Waals surface area contributed by atoms with Gasteiger partial charge in [0.05, 0.1) is 21.9 Å². The number of nitrogen functional groups attached to an aromatic ring is 1. The molecule has 0 bridgehead atoms. The summed E-state index contributed by atoms with van der Waals surface area (Å²) in [7, 11) is 1.68. The van der Waals surface area contributed by atoms with Gasteiger partial charge in [-0.05, 0) is 38.1 Å². The minimum Gasteiger partial charge on any atom is -0.449 e. The topological polar surface area (TPSA) is 151 Å². The van der Waals surface area contributed by atoms with Crippen molar-refractivity contribution in [3.05, 3.63) is 80.3 Å². The van der Waals surface area contributed by atoms with Crippen LogP contribution >= 0.6 is 0 Å². The van der Waals surface area contributed by atoms with Crippen LogP contribution in [0.1, 0.15) is 23.0 Å². The van der Waals surface area contributed by atoms with Crippen LogP contribution in [0.15, 0.2) is 53.3 Å². The van der Waals surface area contributed by atoms with Gasteiger partial charge in [-0.25, -0.2) is 9.48 Å². The molecule has 1 atom stereocenters. The summed E-state index contributed by atoms with van der Waals surface area (Å²) < 4.78 is 8.11. The number of nitrogens with zero attached hydrogens (tertiary/aromatic N) is 3. The molecule has 11 nitrogen and oxygen atoms in total. The van der Waals surface area contributed by atoms with Crippen LogP contribution in [0.2, 0.25) is 0 Å². The molecule has 0 saturated heterocycles. The first-order chi connectivity index (χ1) is 15.1. The van der Waals surface area contributed by atoms with Crippen LogP contribution in [-0.4, -0.2) is 32.3 Å². The third-order valence-corrected chi connectivity index (χ3v) is 4.92. The van der Waals surface area contributed by atoms with Crippen LogP contribution in [-0.2, 0) is 16.6 Å². The lowest BCUT2D eigenvalue weighted by atomic mass is 10.2. The predicted molar refractivity (Wildman–Crippen MR) is 117 cm³/mol. The second-order valence-corrected chi connectivity index (χ2v) is 7.00. The maximum Gasteiger partial charge on any atom is 0.339 e. The average molecular weight is 439 g/mol. The molecule has 2 aromatic carbocycles. The van der Waals surface area contributed by atoms with E-state index in [1.165, 1.54) is 23.7 Å². The number of nitrogens with one attached hydrogen (secondary N) is 1. The molecule has 0 fully saturated rings. The molecule has 11 heteroatoms. The fraction of sp³-hybridized carbons (Fsp3) is 0.190. The van der Waals surface area contributed by atoms with E-state index in [0.717, 1.165) is 6.07 Å². The maximum atomic E-state index is 12.9. The maximum absolute atomic E-state index is 12.9. The Morgan fingerprint density at radius 1 is 1.19 bits per heavy atom. The lowest BCUT2D eigenvalue weighted by Crippen LogP contribution is -2.32. The molecule has 0 radical (unpaired) electrons. The van der Waals surface area contributed by atoms with Gasteiger partial charge in [0.15, 0.2) is 6.10 Å². The molecule has 1 unspecified atom stereocenters. The lowest BCUT2D eigenvalue weighted by Gasteiger charge is -2.13. The van der Waals surface area contributed by atoms with Crippen molar-refractivity contribution in [3.8, 4) is 5.69 Å². The molecule has 0 aliphatic rings. The van der Waals surface area contributed by atoms with Crippen molar-refractivity contribution in [1.82, 2.24) is 9.36 Å². The molecule has 0 aliphatic carbocycles. The second-order valence-electron chi connectivity index (χ2n) is 7.00. The number of hydrogen-bond acceptors (Lipinski definition) is 7. The number of nitro groups is 1. The van der Waals surface area contributed by atoms with Gasteiger partial charge in [0.1, 0.15) is 11.4 Å². The lowest BCUT2D eigenvalue weighted by molar-refractivity contribution is -0.383. The molecular formula is C21H21N5O6. The molecule has 0 saturated carbocycles. The monoisotopic (exact) mass is 439 g/mol. The Morgan fingerprint density at radius 2 is 1.84 bits per heavy atom. The quantitative estimate of drug-likeness (QED) is 0.258. The number of amides is 1. The summed E-state index contributed by atoms with van der Waals surface area (Å²) in [4.78, 5) is 48.1. The number of rotatable bonds is 6. The van der Waals surface area contributed by atoms with E-state index in [0.29, 0.717) is 11.4 Å². The van der Waals surface area contributed by atoms with Crippen LogP contribution in [0.4, 0.5) is 17.1 Å². The van der Waals surface area contributed by atoms with E-state index in [2.05, 4.69) is 5.32 Å². The number of benzene rings is 2.